The molecule has 0 unspecified atom stereocenters. The first kappa shape index (κ1) is 14.2. The predicted octanol–water partition coefficient (Wildman–Crippen LogP) is 2.91. The van der Waals surface area contributed by atoms with Gasteiger partial charge >= 0.3 is 0 Å². The van der Waals surface area contributed by atoms with Gasteiger partial charge in [0.05, 0.1) is 21.9 Å². The lowest BCUT2D eigenvalue weighted by molar-refractivity contribution is -0.130. The van der Waals surface area contributed by atoms with Crippen LogP contribution in [0.1, 0.15) is 12.7 Å². The van der Waals surface area contributed by atoms with Gasteiger partial charge in [-0.15, -0.1) is 11.6 Å². The summed E-state index contributed by atoms with van der Waals surface area (Å²) in [6.07, 6.45) is 0. The molecule has 4 nitrogen and oxygen atoms in total. The van der Waals surface area contributed by atoms with Crippen LogP contribution in [0.4, 0.5) is 0 Å². The molecule has 0 fully saturated rings. The quantitative estimate of drug-likeness (QED) is 0.814. The third-order valence-corrected chi connectivity index (χ3v) is 3.65. The van der Waals surface area contributed by atoms with Crippen molar-refractivity contribution in [2.24, 2.45) is 0 Å². The molecule has 1 aromatic carbocycles. The average Bonchev–Trinajstić information content (AvgIpc) is 2.77. The second-order valence-corrected chi connectivity index (χ2v) is 4.94. The van der Waals surface area contributed by atoms with Gasteiger partial charge in [0.1, 0.15) is 12.4 Å². The maximum Gasteiger partial charge on any atom is 0.242 e. The molecule has 0 radical (unpaired) electrons. The van der Waals surface area contributed by atoms with Crippen LogP contribution in [0, 0.1) is 0 Å². The van der Waals surface area contributed by atoms with Crippen LogP contribution in [0.3, 0.4) is 0 Å². The number of carbonyl (C=O) groups excluding carboxylic acids is 1. The molecule has 6 heteroatoms. The number of benzene rings is 1. The standard InChI is InChI=1S/C13H15Cl2N3O/c1-3-17(2)12(19)8-18-11(7-14)16-10-6-4-5-9(15)13(10)18/h4-6H,3,7-8H2,1-2H3. The van der Waals surface area contributed by atoms with Gasteiger partial charge in [-0.25, -0.2) is 4.98 Å². The number of carbonyl (C=O) groups is 1. The number of alkyl halides is 1. The highest BCUT2D eigenvalue weighted by molar-refractivity contribution is 6.35. The van der Waals surface area contributed by atoms with E-state index >= 15 is 0 Å². The number of rotatable bonds is 4. The van der Waals surface area contributed by atoms with Crippen molar-refractivity contribution in [3.05, 3.63) is 29.0 Å². The normalized spacial score (nSPS) is 10.9. The Morgan fingerprint density at radius 3 is 2.84 bits per heavy atom. The molecule has 19 heavy (non-hydrogen) atoms. The molecule has 0 saturated heterocycles. The fraction of sp³-hybridized carbons (Fsp3) is 0.385. The van der Waals surface area contributed by atoms with Crippen LogP contribution < -0.4 is 0 Å². The summed E-state index contributed by atoms with van der Waals surface area (Å²) in [5.74, 6) is 0.907. The topological polar surface area (TPSA) is 38.1 Å². The van der Waals surface area contributed by atoms with Gasteiger partial charge in [0.2, 0.25) is 5.91 Å². The molecule has 0 aliphatic rings. The molecule has 0 atom stereocenters. The Morgan fingerprint density at radius 2 is 2.21 bits per heavy atom. The molecule has 2 aromatic rings. The number of likely N-dealkylation sites (N-methyl/N-ethyl adjacent to an activating group) is 1. The zero-order chi connectivity index (χ0) is 14.0. The molecule has 1 amide bonds. The summed E-state index contributed by atoms with van der Waals surface area (Å²) in [6, 6.07) is 5.48. The number of halogens is 2. The Labute approximate surface area is 121 Å². The van der Waals surface area contributed by atoms with Crippen molar-refractivity contribution in [3.63, 3.8) is 0 Å². The zero-order valence-corrected chi connectivity index (χ0v) is 12.4. The van der Waals surface area contributed by atoms with E-state index in [4.69, 9.17) is 23.2 Å². The van der Waals surface area contributed by atoms with Crippen molar-refractivity contribution in [1.29, 1.82) is 0 Å². The van der Waals surface area contributed by atoms with Gasteiger partial charge in [-0.1, -0.05) is 17.7 Å². The van der Waals surface area contributed by atoms with E-state index < -0.39 is 0 Å². The third kappa shape index (κ3) is 2.69. The molecule has 2 rings (SSSR count). The Balaban J connectivity index is 2.49. The van der Waals surface area contributed by atoms with E-state index in [1.54, 1.807) is 22.6 Å². The second kappa shape index (κ2) is 5.80. The second-order valence-electron chi connectivity index (χ2n) is 4.26. The van der Waals surface area contributed by atoms with Crippen molar-refractivity contribution >= 4 is 40.1 Å². The van der Waals surface area contributed by atoms with Gasteiger partial charge < -0.3 is 9.47 Å². The molecule has 0 aliphatic carbocycles. The molecule has 0 saturated carbocycles. The van der Waals surface area contributed by atoms with Gasteiger partial charge in [-0.05, 0) is 19.1 Å². The minimum atomic E-state index is 0.00749. The van der Waals surface area contributed by atoms with Crippen LogP contribution in [0.5, 0.6) is 0 Å². The van der Waals surface area contributed by atoms with Crippen molar-refractivity contribution in [2.45, 2.75) is 19.3 Å². The van der Waals surface area contributed by atoms with Crippen LogP contribution in [-0.2, 0) is 17.2 Å². The molecule has 0 N–H and O–H groups in total. The van der Waals surface area contributed by atoms with Gasteiger partial charge in [-0.3, -0.25) is 4.79 Å². The number of imidazole rings is 1. The molecular weight excluding hydrogens is 285 g/mol. The molecule has 0 spiro atoms. The highest BCUT2D eigenvalue weighted by atomic mass is 35.5. The summed E-state index contributed by atoms with van der Waals surface area (Å²) < 4.78 is 1.79. The maximum atomic E-state index is 12.1. The Kier molecular flexibility index (Phi) is 4.32. The number of nitrogens with zero attached hydrogens (tertiary/aromatic N) is 3. The number of hydrogen-bond donors (Lipinski definition) is 0. The van der Waals surface area contributed by atoms with Crippen molar-refractivity contribution < 1.29 is 4.79 Å². The largest absolute Gasteiger partial charge is 0.344 e. The Bertz CT molecular complexity index is 609. The van der Waals surface area contributed by atoms with E-state index in [0.717, 1.165) is 11.0 Å². The highest BCUT2D eigenvalue weighted by Gasteiger charge is 2.16. The van der Waals surface area contributed by atoms with E-state index in [-0.39, 0.29) is 18.3 Å². The summed E-state index contributed by atoms with van der Waals surface area (Å²) in [5.41, 5.74) is 1.52. The maximum absolute atomic E-state index is 12.1. The molecule has 102 valence electrons. The smallest absolute Gasteiger partial charge is 0.242 e. The SMILES string of the molecule is CCN(C)C(=O)Cn1c(CCl)nc2cccc(Cl)c21. The lowest BCUT2D eigenvalue weighted by Gasteiger charge is -2.16. The Morgan fingerprint density at radius 1 is 1.47 bits per heavy atom. The lowest BCUT2D eigenvalue weighted by Crippen LogP contribution is -2.30. The monoisotopic (exact) mass is 299 g/mol. The van der Waals surface area contributed by atoms with E-state index in [1.807, 2.05) is 19.1 Å². The fourth-order valence-electron chi connectivity index (χ4n) is 1.89. The van der Waals surface area contributed by atoms with Crippen LogP contribution in [0.25, 0.3) is 11.0 Å². The summed E-state index contributed by atoms with van der Waals surface area (Å²) in [6.45, 7) is 2.79. The van der Waals surface area contributed by atoms with Crippen LogP contribution in [0.15, 0.2) is 18.2 Å². The summed E-state index contributed by atoms with van der Waals surface area (Å²) >= 11 is 12.1. The molecule has 1 aromatic heterocycles. The van der Waals surface area contributed by atoms with Crippen molar-refractivity contribution in [1.82, 2.24) is 14.5 Å². The van der Waals surface area contributed by atoms with Gasteiger partial charge in [0.25, 0.3) is 0 Å². The van der Waals surface area contributed by atoms with Crippen molar-refractivity contribution in [3.8, 4) is 0 Å². The van der Waals surface area contributed by atoms with Gasteiger partial charge in [0, 0.05) is 13.6 Å². The predicted molar refractivity (Wildman–Crippen MR) is 77.6 cm³/mol. The molecule has 1 heterocycles. The van der Waals surface area contributed by atoms with E-state index in [0.29, 0.717) is 17.4 Å². The average molecular weight is 300 g/mol. The third-order valence-electron chi connectivity index (χ3n) is 3.11. The highest BCUT2D eigenvalue weighted by Crippen LogP contribution is 2.25. The van der Waals surface area contributed by atoms with E-state index in [1.165, 1.54) is 0 Å². The molecule has 0 bridgehead atoms. The van der Waals surface area contributed by atoms with Gasteiger partial charge in [-0.2, -0.15) is 0 Å². The summed E-state index contributed by atoms with van der Waals surface area (Å²) in [5, 5.41) is 0.577. The van der Waals surface area contributed by atoms with Crippen LogP contribution >= 0.6 is 23.2 Å². The first-order valence-corrected chi connectivity index (χ1v) is 6.93. The van der Waals surface area contributed by atoms with E-state index in [2.05, 4.69) is 4.98 Å². The first-order chi connectivity index (χ1) is 9.08. The number of para-hydroxylation sites is 1. The van der Waals surface area contributed by atoms with E-state index in [9.17, 15) is 4.79 Å². The summed E-state index contributed by atoms with van der Waals surface area (Å²) in [7, 11) is 1.77. The molecule has 0 aliphatic heterocycles. The van der Waals surface area contributed by atoms with Gasteiger partial charge in [0.15, 0.2) is 0 Å². The van der Waals surface area contributed by atoms with Crippen molar-refractivity contribution in [2.75, 3.05) is 13.6 Å². The minimum Gasteiger partial charge on any atom is -0.344 e. The minimum absolute atomic E-state index is 0.00749. The lowest BCUT2D eigenvalue weighted by atomic mass is 10.3. The molecular formula is C13H15Cl2N3O. The fourth-order valence-corrected chi connectivity index (χ4v) is 2.37. The summed E-state index contributed by atoms with van der Waals surface area (Å²) in [4.78, 5) is 18.1. The number of amides is 1. The zero-order valence-electron chi connectivity index (χ0n) is 10.9. The van der Waals surface area contributed by atoms with Crippen LogP contribution in [0.2, 0.25) is 5.02 Å². The Hall–Kier alpha value is -1.26. The number of hydrogen-bond acceptors (Lipinski definition) is 2. The number of aromatic nitrogens is 2. The first-order valence-electron chi connectivity index (χ1n) is 6.02. The number of fused-ring (bicyclic) bond motifs is 1. The van der Waals surface area contributed by atoms with Crippen LogP contribution in [-0.4, -0.2) is 34.0 Å².